The van der Waals surface area contributed by atoms with Crippen molar-refractivity contribution in [3.8, 4) is 5.75 Å². The van der Waals surface area contributed by atoms with Gasteiger partial charge >= 0.3 is 6.18 Å². The minimum Gasteiger partial charge on any atom is -0.493 e. The number of amides is 3. The lowest BCUT2D eigenvalue weighted by Crippen LogP contribution is -2.46. The van der Waals surface area contributed by atoms with Crippen molar-refractivity contribution in [2.75, 3.05) is 37.6 Å². The first kappa shape index (κ1) is 31.6. The number of primary amides is 1. The number of methoxy groups -OCH3 is 1. The maximum absolute atomic E-state index is 13.7. The van der Waals surface area contributed by atoms with Crippen LogP contribution in [0.25, 0.3) is 0 Å². The van der Waals surface area contributed by atoms with Gasteiger partial charge in [0.1, 0.15) is 11.5 Å². The molecule has 2 fully saturated rings. The summed E-state index contributed by atoms with van der Waals surface area (Å²) in [6, 6.07) is 4.83. The first-order valence-corrected chi connectivity index (χ1v) is 12.1. The molecule has 0 saturated carbocycles. The van der Waals surface area contributed by atoms with Gasteiger partial charge in [-0.2, -0.15) is 17.6 Å². The molecule has 3 unspecified atom stereocenters. The van der Waals surface area contributed by atoms with E-state index in [2.05, 4.69) is 20.9 Å². The van der Waals surface area contributed by atoms with Crippen molar-refractivity contribution in [3.63, 3.8) is 0 Å². The molecule has 4 rings (SSSR count). The molecule has 2 saturated heterocycles. The number of anilines is 2. The van der Waals surface area contributed by atoms with Crippen molar-refractivity contribution in [3.05, 3.63) is 47.2 Å². The summed E-state index contributed by atoms with van der Waals surface area (Å²) < 4.78 is 81.2. The van der Waals surface area contributed by atoms with Gasteiger partial charge in [0.25, 0.3) is 11.8 Å². The van der Waals surface area contributed by atoms with Crippen LogP contribution in [0.15, 0.2) is 24.3 Å². The average Bonchev–Trinajstić information content (AvgIpc) is 3.55. The smallest absolute Gasteiger partial charge is 0.417 e. The second-order valence-corrected chi connectivity index (χ2v) is 9.29. The van der Waals surface area contributed by atoms with E-state index in [1.165, 1.54) is 25.1 Å². The predicted molar refractivity (Wildman–Crippen MR) is 134 cm³/mol. The van der Waals surface area contributed by atoms with Gasteiger partial charge in [-0.15, -0.1) is 0 Å². The Morgan fingerprint density at radius 1 is 1.27 bits per heavy atom. The van der Waals surface area contributed by atoms with E-state index in [0.717, 1.165) is 20.1 Å². The fraction of sp³-hybridized carbons (Fsp3) is 0.440. The highest BCUT2D eigenvalue weighted by Gasteiger charge is 2.61. The van der Waals surface area contributed by atoms with Gasteiger partial charge in [0.05, 0.1) is 20.4 Å². The number of rotatable bonds is 7. The maximum Gasteiger partial charge on any atom is 0.417 e. The number of hydrogen-bond donors (Lipinski definition) is 4. The molecule has 3 amide bonds. The number of benzene rings is 1. The van der Waals surface area contributed by atoms with E-state index in [4.69, 9.17) is 19.9 Å². The Balaban J connectivity index is 0.000000226. The van der Waals surface area contributed by atoms with E-state index in [1.54, 1.807) is 0 Å². The molecule has 5 N–H and O–H groups in total. The Hall–Kier alpha value is -3.89. The van der Waals surface area contributed by atoms with Gasteiger partial charge in [-0.05, 0) is 19.1 Å². The number of carbonyl (C=O) groups is 3. The second-order valence-electron chi connectivity index (χ2n) is 9.29. The third-order valence-corrected chi connectivity index (χ3v) is 6.85. The number of alkyl halides is 3. The topological polar surface area (TPSA) is 154 Å². The van der Waals surface area contributed by atoms with Crippen molar-refractivity contribution < 1.29 is 50.5 Å². The minimum absolute atomic E-state index is 0.0717. The third kappa shape index (κ3) is 6.89. The van der Waals surface area contributed by atoms with Crippen LogP contribution in [0.4, 0.5) is 33.5 Å². The Bertz CT molecular complexity index is 1290. The molecule has 224 valence electrons. The summed E-state index contributed by atoms with van der Waals surface area (Å²) in [7, 11) is 1.14. The molecule has 0 bridgehead atoms. The highest BCUT2D eigenvalue weighted by Crippen LogP contribution is 2.51. The molecule has 1 aromatic heterocycles. The molecule has 2 aliphatic heterocycles. The molecular formula is C25H28F5N5O6. The Morgan fingerprint density at radius 2 is 1.98 bits per heavy atom. The van der Waals surface area contributed by atoms with Gasteiger partial charge < -0.3 is 30.6 Å². The summed E-state index contributed by atoms with van der Waals surface area (Å²) >= 11 is 0. The third-order valence-electron chi connectivity index (χ3n) is 6.85. The largest absolute Gasteiger partial charge is 0.493 e. The van der Waals surface area contributed by atoms with Gasteiger partial charge in [0.15, 0.2) is 23.3 Å². The molecular weight excluding hydrogens is 561 g/mol. The quantitative estimate of drug-likeness (QED) is 0.284. The SMILES string of the molecule is COc1c(C2CO[C@@](C)(C(F)(F)F)C2C)ccc(F)c1F.NC(=O)c1cc(NC=O)cc(NC(=O)C2CNCO2)n1. The van der Waals surface area contributed by atoms with Crippen molar-refractivity contribution in [2.24, 2.45) is 11.7 Å². The standard InChI is InChI=1S/C14H15F5O2.C11H13N5O4/c1-7-9(6-21-13(7,2)14(17,18)19)8-4-5-10(15)11(16)12(8)20-3;12-10(18)7-1-6(14-4-17)2-9(15-7)16-11(19)8-3-13-5-20-8/h4-5,7,9H,6H2,1-3H3;1-2,4,8,13H,3,5H2,(H2,12,18)(H2,14,15,16,17,19)/t7?,9?,13-;/m1./s1. The first-order chi connectivity index (χ1) is 19.2. The van der Waals surface area contributed by atoms with Gasteiger partial charge in [-0.3, -0.25) is 19.7 Å². The van der Waals surface area contributed by atoms with Crippen LogP contribution in [-0.2, 0) is 19.1 Å². The van der Waals surface area contributed by atoms with Crippen LogP contribution in [0.1, 0.15) is 35.8 Å². The van der Waals surface area contributed by atoms with Gasteiger partial charge in [0.2, 0.25) is 12.2 Å². The molecule has 2 aromatic rings. The van der Waals surface area contributed by atoms with Crippen LogP contribution >= 0.6 is 0 Å². The number of pyridine rings is 1. The van der Waals surface area contributed by atoms with Crippen molar-refractivity contribution in [2.45, 2.75) is 37.6 Å². The van der Waals surface area contributed by atoms with E-state index in [9.17, 15) is 36.3 Å². The predicted octanol–water partition coefficient (Wildman–Crippen LogP) is 2.68. The number of nitrogens with zero attached hydrogens (tertiary/aromatic N) is 1. The Morgan fingerprint density at radius 3 is 2.51 bits per heavy atom. The lowest BCUT2D eigenvalue weighted by atomic mass is 9.79. The second kappa shape index (κ2) is 12.7. The molecule has 2 aliphatic rings. The van der Waals surface area contributed by atoms with Crippen LogP contribution < -0.4 is 26.4 Å². The number of carbonyl (C=O) groups excluding carboxylic acids is 3. The molecule has 0 radical (unpaired) electrons. The first-order valence-electron chi connectivity index (χ1n) is 12.1. The van der Waals surface area contributed by atoms with Gasteiger partial charge in [-0.25, -0.2) is 9.37 Å². The summed E-state index contributed by atoms with van der Waals surface area (Å²) in [5.74, 6) is -5.45. The number of nitrogens with two attached hydrogens (primary N) is 1. The molecule has 0 spiro atoms. The molecule has 16 heteroatoms. The fourth-order valence-electron chi connectivity index (χ4n) is 4.32. The molecule has 3 heterocycles. The average molecular weight is 590 g/mol. The summed E-state index contributed by atoms with van der Waals surface area (Å²) in [4.78, 5) is 37.3. The van der Waals surface area contributed by atoms with E-state index < -0.39 is 53.2 Å². The number of ether oxygens (including phenoxy) is 3. The van der Waals surface area contributed by atoms with Crippen molar-refractivity contribution in [1.82, 2.24) is 10.3 Å². The summed E-state index contributed by atoms with van der Waals surface area (Å²) in [5, 5.41) is 7.73. The van der Waals surface area contributed by atoms with Crippen LogP contribution in [-0.4, -0.2) is 68.1 Å². The molecule has 11 nitrogen and oxygen atoms in total. The van der Waals surface area contributed by atoms with E-state index in [-0.39, 0.29) is 29.4 Å². The summed E-state index contributed by atoms with van der Waals surface area (Å²) in [5.41, 5.74) is 3.21. The van der Waals surface area contributed by atoms with Gasteiger partial charge in [-0.1, -0.05) is 13.0 Å². The van der Waals surface area contributed by atoms with Crippen LogP contribution in [0.5, 0.6) is 5.75 Å². The van der Waals surface area contributed by atoms with E-state index in [1.807, 2.05) is 0 Å². The van der Waals surface area contributed by atoms with Crippen LogP contribution in [0, 0.1) is 17.6 Å². The fourth-order valence-corrected chi connectivity index (χ4v) is 4.32. The maximum atomic E-state index is 13.7. The van der Waals surface area contributed by atoms with Gasteiger partial charge in [0, 0.05) is 35.7 Å². The lowest BCUT2D eigenvalue weighted by Gasteiger charge is -2.32. The normalized spacial score (nSPS) is 23.8. The van der Waals surface area contributed by atoms with Crippen LogP contribution in [0.3, 0.4) is 0 Å². The zero-order valence-corrected chi connectivity index (χ0v) is 22.1. The number of hydrogen-bond acceptors (Lipinski definition) is 8. The highest BCUT2D eigenvalue weighted by molar-refractivity contribution is 5.97. The van der Waals surface area contributed by atoms with E-state index >= 15 is 0 Å². The zero-order chi connectivity index (χ0) is 30.5. The van der Waals surface area contributed by atoms with E-state index in [0.29, 0.717) is 25.4 Å². The molecule has 0 aliphatic carbocycles. The van der Waals surface area contributed by atoms with Crippen molar-refractivity contribution in [1.29, 1.82) is 0 Å². The Kier molecular flexibility index (Phi) is 9.83. The number of halogens is 5. The van der Waals surface area contributed by atoms with Crippen molar-refractivity contribution >= 4 is 29.7 Å². The number of aromatic nitrogens is 1. The van der Waals surface area contributed by atoms with Crippen LogP contribution in [0.2, 0.25) is 0 Å². The highest BCUT2D eigenvalue weighted by atomic mass is 19.4. The Labute approximate surface area is 230 Å². The number of nitrogens with one attached hydrogen (secondary N) is 3. The zero-order valence-electron chi connectivity index (χ0n) is 22.1. The molecule has 41 heavy (non-hydrogen) atoms. The minimum atomic E-state index is -4.55. The summed E-state index contributed by atoms with van der Waals surface area (Å²) in [6.07, 6.45) is -4.74. The lowest BCUT2D eigenvalue weighted by molar-refractivity contribution is -0.266. The monoisotopic (exact) mass is 589 g/mol. The summed E-state index contributed by atoms with van der Waals surface area (Å²) in [6.45, 7) is 2.79. The molecule has 1 aromatic carbocycles. The molecule has 4 atom stereocenters.